The van der Waals surface area contributed by atoms with Gasteiger partial charge in [0.25, 0.3) is 0 Å². The molecule has 1 saturated heterocycles. The van der Waals surface area contributed by atoms with Crippen LogP contribution < -0.4 is 4.90 Å². The molecule has 3 aliphatic rings. The first-order chi connectivity index (χ1) is 16.9. The highest BCUT2D eigenvalue weighted by Gasteiger charge is 2.47. The highest BCUT2D eigenvalue weighted by molar-refractivity contribution is 6.39. The minimum Gasteiger partial charge on any atom is -0.478 e. The second-order valence-electron chi connectivity index (χ2n) is 9.47. The fourth-order valence-electron chi connectivity index (χ4n) is 5.38. The predicted octanol–water partition coefficient (Wildman–Crippen LogP) is 6.05. The normalized spacial score (nSPS) is 23.0. The van der Waals surface area contributed by atoms with Crippen LogP contribution in [0.15, 0.2) is 47.0 Å². The average molecular weight is 513 g/mol. The summed E-state index contributed by atoms with van der Waals surface area (Å²) < 4.78 is 11.7. The molecule has 0 unspecified atom stereocenters. The number of aromatic carboxylic acids is 1. The van der Waals surface area contributed by atoms with E-state index in [0.717, 1.165) is 31.5 Å². The molecule has 3 aromatic rings. The molecule has 35 heavy (non-hydrogen) atoms. The Morgan fingerprint density at radius 1 is 1.06 bits per heavy atom. The van der Waals surface area contributed by atoms with Crippen LogP contribution in [0, 0.1) is 5.92 Å². The van der Waals surface area contributed by atoms with Crippen molar-refractivity contribution in [1.29, 1.82) is 0 Å². The number of carbonyl (C=O) groups is 2. The van der Waals surface area contributed by atoms with Crippen LogP contribution in [0.2, 0.25) is 10.0 Å². The summed E-state index contributed by atoms with van der Waals surface area (Å²) in [6.07, 6.45) is 3.30. The third-order valence-corrected chi connectivity index (χ3v) is 7.88. The molecule has 0 amide bonds. The summed E-state index contributed by atoms with van der Waals surface area (Å²) in [6, 6.07) is 12.3. The second kappa shape index (κ2) is 8.57. The van der Waals surface area contributed by atoms with E-state index in [1.54, 1.807) is 30.3 Å². The SMILES string of the molecule is O=C(O)c1ccc(N2C[C@@H]3C[C@H]2C[C@H]3OC(=O)c2c(-c3c(Cl)cccc3Cl)noc2C2CC2)cc1. The lowest BCUT2D eigenvalue weighted by molar-refractivity contribution is 0.0191. The predicted molar refractivity (Wildman–Crippen MR) is 130 cm³/mol. The number of anilines is 1. The van der Waals surface area contributed by atoms with E-state index in [9.17, 15) is 9.59 Å². The molecule has 7 nitrogen and oxygen atoms in total. The van der Waals surface area contributed by atoms with Gasteiger partial charge in [-0.05, 0) is 55.7 Å². The Hall–Kier alpha value is -3.03. The maximum atomic E-state index is 13.5. The lowest BCUT2D eigenvalue weighted by Crippen LogP contribution is -2.39. The lowest BCUT2D eigenvalue weighted by Gasteiger charge is -2.33. The van der Waals surface area contributed by atoms with Crippen LogP contribution in [0.4, 0.5) is 5.69 Å². The Morgan fingerprint density at radius 2 is 1.77 bits per heavy atom. The number of carbonyl (C=O) groups excluding carboxylic acids is 1. The third-order valence-electron chi connectivity index (χ3n) is 7.25. The van der Waals surface area contributed by atoms with Gasteiger partial charge in [-0.1, -0.05) is 34.4 Å². The number of benzene rings is 2. The highest BCUT2D eigenvalue weighted by atomic mass is 35.5. The van der Waals surface area contributed by atoms with E-state index in [0.29, 0.717) is 39.0 Å². The van der Waals surface area contributed by atoms with Crippen molar-refractivity contribution in [2.75, 3.05) is 11.4 Å². The number of fused-ring (bicyclic) bond motifs is 2. The van der Waals surface area contributed by atoms with Gasteiger partial charge in [0.05, 0.1) is 15.6 Å². The molecule has 1 aliphatic heterocycles. The Morgan fingerprint density at radius 3 is 2.37 bits per heavy atom. The first kappa shape index (κ1) is 22.4. The van der Waals surface area contributed by atoms with Crippen molar-refractivity contribution in [3.63, 3.8) is 0 Å². The molecule has 180 valence electrons. The van der Waals surface area contributed by atoms with E-state index in [2.05, 4.69) is 10.1 Å². The minimum atomic E-state index is -0.941. The van der Waals surface area contributed by atoms with Gasteiger partial charge in [0.15, 0.2) is 5.76 Å². The smallest absolute Gasteiger partial charge is 0.344 e. The number of rotatable bonds is 6. The third kappa shape index (κ3) is 3.96. The first-order valence-corrected chi connectivity index (χ1v) is 12.4. The van der Waals surface area contributed by atoms with Gasteiger partial charge in [-0.2, -0.15) is 0 Å². The van der Waals surface area contributed by atoms with Crippen LogP contribution in [0.25, 0.3) is 11.3 Å². The van der Waals surface area contributed by atoms with E-state index in [1.807, 2.05) is 12.1 Å². The van der Waals surface area contributed by atoms with Crippen LogP contribution in [0.1, 0.15) is 58.1 Å². The molecule has 2 heterocycles. The van der Waals surface area contributed by atoms with Crippen molar-refractivity contribution in [3.8, 4) is 11.3 Å². The van der Waals surface area contributed by atoms with Crippen LogP contribution in [0.5, 0.6) is 0 Å². The van der Waals surface area contributed by atoms with Crippen molar-refractivity contribution >= 4 is 40.8 Å². The molecular formula is C26H22Cl2N2O5. The number of piperidine rings is 1. The molecule has 3 atom stereocenters. The van der Waals surface area contributed by atoms with E-state index in [1.165, 1.54) is 0 Å². The van der Waals surface area contributed by atoms with Gasteiger partial charge in [-0.15, -0.1) is 0 Å². The van der Waals surface area contributed by atoms with Gasteiger partial charge in [0, 0.05) is 42.1 Å². The molecule has 0 spiro atoms. The minimum absolute atomic E-state index is 0.157. The van der Waals surface area contributed by atoms with Crippen LogP contribution in [0.3, 0.4) is 0 Å². The fraction of sp³-hybridized carbons (Fsp3) is 0.346. The second-order valence-corrected chi connectivity index (χ2v) is 10.3. The van der Waals surface area contributed by atoms with Gasteiger partial charge < -0.3 is 19.3 Å². The summed E-state index contributed by atoms with van der Waals surface area (Å²) >= 11 is 12.8. The van der Waals surface area contributed by atoms with Crippen LogP contribution in [-0.4, -0.2) is 40.9 Å². The van der Waals surface area contributed by atoms with Gasteiger partial charge in [-0.25, -0.2) is 9.59 Å². The summed E-state index contributed by atoms with van der Waals surface area (Å²) in [5.41, 5.74) is 2.38. The quantitative estimate of drug-likeness (QED) is 0.401. The summed E-state index contributed by atoms with van der Waals surface area (Å²) in [5, 5.41) is 14.1. The Labute approximate surface area is 211 Å². The zero-order valence-electron chi connectivity index (χ0n) is 18.6. The van der Waals surface area contributed by atoms with Crippen molar-refractivity contribution in [2.24, 2.45) is 5.92 Å². The van der Waals surface area contributed by atoms with E-state index >= 15 is 0 Å². The van der Waals surface area contributed by atoms with Crippen molar-refractivity contribution < 1.29 is 24.0 Å². The lowest BCUT2D eigenvalue weighted by atomic mass is 10.0. The van der Waals surface area contributed by atoms with Gasteiger partial charge >= 0.3 is 11.9 Å². The molecule has 9 heteroatoms. The van der Waals surface area contributed by atoms with Crippen molar-refractivity contribution in [2.45, 2.75) is 43.7 Å². The molecule has 1 N–H and O–H groups in total. The van der Waals surface area contributed by atoms with E-state index in [4.69, 9.17) is 37.6 Å². The van der Waals surface area contributed by atoms with E-state index in [-0.39, 0.29) is 29.5 Å². The van der Waals surface area contributed by atoms with Gasteiger partial charge in [-0.3, -0.25) is 0 Å². The number of hydrogen-bond acceptors (Lipinski definition) is 6. The van der Waals surface area contributed by atoms with Crippen molar-refractivity contribution in [1.82, 2.24) is 5.16 Å². The maximum absolute atomic E-state index is 13.5. The number of carboxylic acid groups (broad SMARTS) is 1. The maximum Gasteiger partial charge on any atom is 0.344 e. The number of aromatic nitrogens is 1. The average Bonchev–Trinajstić information content (AvgIpc) is 3.28. The zero-order chi connectivity index (χ0) is 24.3. The standard InChI is InChI=1S/C26H22Cl2N2O5/c27-18-2-1-3-19(28)21(18)23-22(24(35-29-23)13-4-5-13)26(33)34-20-11-17-10-15(20)12-30(17)16-8-6-14(7-9-16)25(31)32/h1-3,6-9,13,15,17,20H,4-5,10-12H2,(H,31,32)/t15-,17-,20+/m0/s1. The largest absolute Gasteiger partial charge is 0.478 e. The molecule has 3 fully saturated rings. The first-order valence-electron chi connectivity index (χ1n) is 11.7. The van der Waals surface area contributed by atoms with Gasteiger partial charge in [0.1, 0.15) is 17.4 Å². The Kier molecular flexibility index (Phi) is 5.49. The number of esters is 1. The molecule has 2 aliphatic carbocycles. The zero-order valence-corrected chi connectivity index (χ0v) is 20.1. The number of halogens is 2. The molecule has 2 saturated carbocycles. The fourth-order valence-corrected chi connectivity index (χ4v) is 5.95. The molecule has 2 bridgehead atoms. The van der Waals surface area contributed by atoms with Crippen molar-refractivity contribution in [3.05, 3.63) is 69.4 Å². The van der Waals surface area contributed by atoms with E-state index < -0.39 is 11.9 Å². The molecule has 1 aromatic heterocycles. The summed E-state index contributed by atoms with van der Waals surface area (Å²) in [4.78, 5) is 26.9. The topological polar surface area (TPSA) is 92.9 Å². The molecular weight excluding hydrogens is 491 g/mol. The van der Waals surface area contributed by atoms with Gasteiger partial charge in [0.2, 0.25) is 0 Å². The Bertz CT molecular complexity index is 1300. The number of hydrogen-bond donors (Lipinski definition) is 1. The Balaban J connectivity index is 1.22. The molecule has 2 aromatic carbocycles. The monoisotopic (exact) mass is 512 g/mol. The summed E-state index contributed by atoms with van der Waals surface area (Å²) in [5.74, 6) is -0.495. The molecule has 0 radical (unpaired) electrons. The van der Waals surface area contributed by atoms with Crippen LogP contribution >= 0.6 is 23.2 Å². The highest BCUT2D eigenvalue weighted by Crippen LogP contribution is 2.47. The number of nitrogens with zero attached hydrogens (tertiary/aromatic N) is 2. The summed E-state index contributed by atoms with van der Waals surface area (Å²) in [7, 11) is 0. The number of ether oxygens (including phenoxy) is 1. The van der Waals surface area contributed by atoms with Crippen LogP contribution in [-0.2, 0) is 4.74 Å². The summed E-state index contributed by atoms with van der Waals surface area (Å²) in [6.45, 7) is 0.747. The molecule has 6 rings (SSSR count). The number of carboxylic acids is 1.